The zero-order valence-electron chi connectivity index (χ0n) is 11.3. The number of hydrogen-bond donors (Lipinski definition) is 1. The summed E-state index contributed by atoms with van der Waals surface area (Å²) in [5, 5.41) is 13.5. The van der Waals surface area contributed by atoms with Crippen molar-refractivity contribution in [2.45, 2.75) is 45.4 Å². The number of carboxylic acid groups (broad SMARTS) is 1. The van der Waals surface area contributed by atoms with Crippen LogP contribution >= 0.6 is 0 Å². The van der Waals surface area contributed by atoms with Crippen LogP contribution in [0.3, 0.4) is 0 Å². The van der Waals surface area contributed by atoms with Gasteiger partial charge in [0.1, 0.15) is 5.82 Å². The lowest BCUT2D eigenvalue weighted by molar-refractivity contribution is -0.141. The molecule has 1 aromatic rings. The first-order chi connectivity index (χ1) is 8.47. The lowest BCUT2D eigenvalue weighted by Gasteiger charge is -2.07. The summed E-state index contributed by atoms with van der Waals surface area (Å²) in [4.78, 5) is 15.6. The van der Waals surface area contributed by atoms with Crippen molar-refractivity contribution in [1.29, 1.82) is 0 Å². The van der Waals surface area contributed by atoms with Crippen molar-refractivity contribution in [2.75, 3.05) is 0 Å². The third kappa shape index (κ3) is 2.71. The Labute approximate surface area is 107 Å². The average Bonchev–Trinajstić information content (AvgIpc) is 2.83. The summed E-state index contributed by atoms with van der Waals surface area (Å²) in [6, 6.07) is 0. The molecule has 1 fully saturated rings. The summed E-state index contributed by atoms with van der Waals surface area (Å²) < 4.78 is 1.83. The van der Waals surface area contributed by atoms with Gasteiger partial charge in [0.2, 0.25) is 0 Å². The molecule has 0 saturated heterocycles. The molecule has 1 N–H and O–H groups in total. The van der Waals surface area contributed by atoms with Crippen LogP contribution in [0.25, 0.3) is 0 Å². The number of aryl methyl sites for hydroxylation is 1. The Balaban J connectivity index is 2.10. The van der Waals surface area contributed by atoms with Crippen LogP contribution in [0.15, 0.2) is 0 Å². The SMILES string of the molecule is CC(C)Cc1nc(C2CCC(C(=O)O)C2)n(C)n1. The zero-order valence-corrected chi connectivity index (χ0v) is 11.3. The quantitative estimate of drug-likeness (QED) is 0.888. The molecule has 0 aromatic carbocycles. The van der Waals surface area contributed by atoms with Crippen LogP contribution in [0.5, 0.6) is 0 Å². The summed E-state index contributed by atoms with van der Waals surface area (Å²) in [6.45, 7) is 4.29. The van der Waals surface area contributed by atoms with Gasteiger partial charge in [-0.3, -0.25) is 9.48 Å². The predicted octanol–water partition coefficient (Wildman–Crippen LogP) is 1.98. The Kier molecular flexibility index (Phi) is 3.68. The molecule has 2 rings (SSSR count). The van der Waals surface area contributed by atoms with Crippen LogP contribution in [0.1, 0.15) is 50.7 Å². The summed E-state index contributed by atoms with van der Waals surface area (Å²) in [5.41, 5.74) is 0. The molecule has 2 unspecified atom stereocenters. The maximum Gasteiger partial charge on any atom is 0.306 e. The maximum atomic E-state index is 11.0. The van der Waals surface area contributed by atoms with Gasteiger partial charge in [0.25, 0.3) is 0 Å². The molecule has 18 heavy (non-hydrogen) atoms. The fourth-order valence-corrected chi connectivity index (χ4v) is 2.70. The second-order valence-electron chi connectivity index (χ2n) is 5.65. The molecule has 5 nitrogen and oxygen atoms in total. The Morgan fingerprint density at radius 2 is 2.22 bits per heavy atom. The van der Waals surface area contributed by atoms with Crippen molar-refractivity contribution in [3.8, 4) is 0 Å². The van der Waals surface area contributed by atoms with E-state index >= 15 is 0 Å². The fourth-order valence-electron chi connectivity index (χ4n) is 2.70. The molecule has 0 bridgehead atoms. The minimum absolute atomic E-state index is 0.208. The molecule has 2 atom stereocenters. The van der Waals surface area contributed by atoms with Crippen LogP contribution in [0.2, 0.25) is 0 Å². The molecule has 1 heterocycles. The van der Waals surface area contributed by atoms with E-state index in [1.807, 2.05) is 11.7 Å². The summed E-state index contributed by atoms with van der Waals surface area (Å²) >= 11 is 0. The van der Waals surface area contributed by atoms with Gasteiger partial charge in [0.05, 0.1) is 5.92 Å². The molecule has 1 aliphatic rings. The van der Waals surface area contributed by atoms with E-state index in [0.29, 0.717) is 12.3 Å². The van der Waals surface area contributed by atoms with Gasteiger partial charge in [-0.2, -0.15) is 5.10 Å². The number of aromatic nitrogens is 3. The second kappa shape index (κ2) is 5.08. The standard InChI is InChI=1S/C13H21N3O2/c1-8(2)6-11-14-12(16(3)15-11)9-4-5-10(7-9)13(17)18/h8-10H,4-7H2,1-3H3,(H,17,18). The topological polar surface area (TPSA) is 68.0 Å². The van der Waals surface area contributed by atoms with Crippen molar-refractivity contribution < 1.29 is 9.90 Å². The number of rotatable bonds is 4. The third-order valence-corrected chi connectivity index (χ3v) is 3.58. The van der Waals surface area contributed by atoms with Gasteiger partial charge in [-0.05, 0) is 25.2 Å². The highest BCUT2D eigenvalue weighted by molar-refractivity contribution is 5.70. The van der Waals surface area contributed by atoms with Crippen molar-refractivity contribution >= 4 is 5.97 Å². The summed E-state index contributed by atoms with van der Waals surface area (Å²) in [6.07, 6.45) is 3.24. The highest BCUT2D eigenvalue weighted by atomic mass is 16.4. The van der Waals surface area contributed by atoms with E-state index in [-0.39, 0.29) is 11.8 Å². The number of carbonyl (C=O) groups is 1. The molecule has 1 aliphatic carbocycles. The van der Waals surface area contributed by atoms with Gasteiger partial charge in [0.15, 0.2) is 5.82 Å². The van der Waals surface area contributed by atoms with Crippen molar-refractivity contribution in [1.82, 2.24) is 14.8 Å². The fraction of sp³-hybridized carbons (Fsp3) is 0.769. The third-order valence-electron chi connectivity index (χ3n) is 3.58. The molecule has 1 saturated carbocycles. The van der Waals surface area contributed by atoms with Gasteiger partial charge in [-0.15, -0.1) is 0 Å². The number of carboxylic acids is 1. The predicted molar refractivity (Wildman–Crippen MR) is 67.3 cm³/mol. The monoisotopic (exact) mass is 251 g/mol. The van der Waals surface area contributed by atoms with Crippen LogP contribution < -0.4 is 0 Å². The summed E-state index contributed by atoms with van der Waals surface area (Å²) in [7, 11) is 1.90. The van der Waals surface area contributed by atoms with E-state index in [4.69, 9.17) is 5.11 Å². The van der Waals surface area contributed by atoms with Gasteiger partial charge in [-0.25, -0.2) is 4.98 Å². The van der Waals surface area contributed by atoms with Gasteiger partial charge in [-0.1, -0.05) is 13.8 Å². The maximum absolute atomic E-state index is 11.0. The van der Waals surface area contributed by atoms with E-state index in [9.17, 15) is 4.79 Å². The van der Waals surface area contributed by atoms with Crippen molar-refractivity contribution in [2.24, 2.45) is 18.9 Å². The first-order valence-corrected chi connectivity index (χ1v) is 6.60. The van der Waals surface area contributed by atoms with Crippen LogP contribution in [-0.4, -0.2) is 25.8 Å². The Morgan fingerprint density at radius 3 is 2.78 bits per heavy atom. The minimum Gasteiger partial charge on any atom is -0.481 e. The molecule has 0 radical (unpaired) electrons. The first kappa shape index (κ1) is 13.1. The van der Waals surface area contributed by atoms with Crippen LogP contribution in [0, 0.1) is 11.8 Å². The van der Waals surface area contributed by atoms with E-state index < -0.39 is 5.97 Å². The molecule has 1 aromatic heterocycles. The van der Waals surface area contributed by atoms with Gasteiger partial charge < -0.3 is 5.11 Å². The van der Waals surface area contributed by atoms with Crippen molar-refractivity contribution in [3.63, 3.8) is 0 Å². The zero-order chi connectivity index (χ0) is 13.3. The van der Waals surface area contributed by atoms with E-state index in [1.54, 1.807) is 0 Å². The van der Waals surface area contributed by atoms with E-state index in [1.165, 1.54) is 0 Å². The first-order valence-electron chi connectivity index (χ1n) is 6.60. The lowest BCUT2D eigenvalue weighted by Crippen LogP contribution is -2.10. The average molecular weight is 251 g/mol. The highest BCUT2D eigenvalue weighted by Crippen LogP contribution is 2.37. The Hall–Kier alpha value is -1.39. The number of hydrogen-bond acceptors (Lipinski definition) is 3. The summed E-state index contributed by atoms with van der Waals surface area (Å²) in [5.74, 6) is 1.73. The van der Waals surface area contributed by atoms with Crippen LogP contribution in [0.4, 0.5) is 0 Å². The van der Waals surface area contributed by atoms with Gasteiger partial charge >= 0.3 is 5.97 Å². The van der Waals surface area contributed by atoms with Gasteiger partial charge in [0, 0.05) is 19.4 Å². The van der Waals surface area contributed by atoms with Crippen LogP contribution in [-0.2, 0) is 18.3 Å². The van der Waals surface area contributed by atoms with E-state index in [0.717, 1.165) is 30.9 Å². The smallest absolute Gasteiger partial charge is 0.306 e. The Bertz CT molecular complexity index is 439. The van der Waals surface area contributed by atoms with Crippen molar-refractivity contribution in [3.05, 3.63) is 11.6 Å². The molecule has 5 heteroatoms. The minimum atomic E-state index is -0.679. The molecule has 0 spiro atoms. The normalized spacial score (nSPS) is 23.8. The second-order valence-corrected chi connectivity index (χ2v) is 5.65. The molecule has 100 valence electrons. The lowest BCUT2D eigenvalue weighted by atomic mass is 10.0. The van der Waals surface area contributed by atoms with E-state index in [2.05, 4.69) is 23.9 Å². The highest BCUT2D eigenvalue weighted by Gasteiger charge is 2.33. The Morgan fingerprint density at radius 1 is 1.50 bits per heavy atom. The molecular weight excluding hydrogens is 230 g/mol. The largest absolute Gasteiger partial charge is 0.481 e. The number of aliphatic carboxylic acids is 1. The number of nitrogens with zero attached hydrogens (tertiary/aromatic N) is 3. The molecule has 0 amide bonds. The molecule has 0 aliphatic heterocycles. The molecular formula is C13H21N3O2.